The number of hydrogen-bond acceptors (Lipinski definition) is 2. The van der Waals surface area contributed by atoms with Gasteiger partial charge < -0.3 is 15.4 Å². The molecule has 6 heteroatoms. The van der Waals surface area contributed by atoms with Gasteiger partial charge in [0, 0.05) is 21.7 Å². The van der Waals surface area contributed by atoms with Gasteiger partial charge >= 0.3 is 0 Å². The lowest BCUT2D eigenvalue weighted by molar-refractivity contribution is 0.179. The lowest BCUT2D eigenvalue weighted by atomic mass is 10.3. The van der Waals surface area contributed by atoms with Gasteiger partial charge in [-0.25, -0.2) is 0 Å². The van der Waals surface area contributed by atoms with E-state index >= 15 is 0 Å². The Morgan fingerprint density at radius 1 is 1.59 bits per heavy atom. The minimum atomic E-state index is 0.171. The minimum absolute atomic E-state index is 0.171. The number of benzene rings is 1. The largest absolute Gasteiger partial charge is 0.383 e. The van der Waals surface area contributed by atoms with Crippen LogP contribution in [0, 0.1) is 3.57 Å². The zero-order valence-corrected chi connectivity index (χ0v) is 13.3. The SMILES string of the molecule is COCC(C)NC(=S)Nc1ccc(Cl)cc1I. The predicted molar refractivity (Wildman–Crippen MR) is 84.9 cm³/mol. The Morgan fingerprint density at radius 3 is 2.88 bits per heavy atom. The normalized spacial score (nSPS) is 12.0. The molecule has 1 rings (SSSR count). The van der Waals surface area contributed by atoms with Gasteiger partial charge in [0.1, 0.15) is 0 Å². The Labute approximate surface area is 125 Å². The van der Waals surface area contributed by atoms with Gasteiger partial charge in [-0.2, -0.15) is 0 Å². The molecule has 0 aromatic heterocycles. The molecule has 1 aromatic carbocycles. The fraction of sp³-hybridized carbons (Fsp3) is 0.364. The standard InChI is InChI=1S/C11H14ClIN2OS/c1-7(6-16-2)14-11(17)15-10-4-3-8(12)5-9(10)13/h3-5,7H,6H2,1-2H3,(H2,14,15,17). The highest BCUT2D eigenvalue weighted by atomic mass is 127. The lowest BCUT2D eigenvalue weighted by Crippen LogP contribution is -2.38. The Hall–Kier alpha value is -0.110. The Balaban J connectivity index is 2.56. The third kappa shape index (κ3) is 5.37. The first kappa shape index (κ1) is 14.9. The summed E-state index contributed by atoms with van der Waals surface area (Å²) in [7, 11) is 1.66. The maximum absolute atomic E-state index is 5.88. The number of nitrogens with one attached hydrogen (secondary N) is 2. The van der Waals surface area contributed by atoms with Gasteiger partial charge in [-0.1, -0.05) is 11.6 Å². The van der Waals surface area contributed by atoms with Crippen molar-refractivity contribution >= 4 is 57.2 Å². The van der Waals surface area contributed by atoms with E-state index in [1.807, 2.05) is 25.1 Å². The van der Waals surface area contributed by atoms with Crippen LogP contribution in [0.2, 0.25) is 5.02 Å². The molecule has 0 amide bonds. The van der Waals surface area contributed by atoms with Crippen molar-refractivity contribution in [1.82, 2.24) is 5.32 Å². The first-order valence-electron chi connectivity index (χ1n) is 5.04. The summed E-state index contributed by atoms with van der Waals surface area (Å²) in [5.74, 6) is 0. The summed E-state index contributed by atoms with van der Waals surface area (Å²) in [6.07, 6.45) is 0. The molecule has 0 saturated heterocycles. The summed E-state index contributed by atoms with van der Waals surface area (Å²) in [4.78, 5) is 0. The van der Waals surface area contributed by atoms with E-state index in [0.717, 1.165) is 9.26 Å². The molecular weight excluding hydrogens is 371 g/mol. The molecule has 0 spiro atoms. The third-order valence-corrected chi connectivity index (χ3v) is 3.32. The molecule has 1 aromatic rings. The number of methoxy groups -OCH3 is 1. The first-order valence-corrected chi connectivity index (χ1v) is 6.91. The summed E-state index contributed by atoms with van der Waals surface area (Å²) >= 11 is 13.3. The summed E-state index contributed by atoms with van der Waals surface area (Å²) < 4.78 is 6.05. The van der Waals surface area contributed by atoms with Crippen molar-refractivity contribution in [2.45, 2.75) is 13.0 Å². The molecule has 0 aliphatic rings. The number of rotatable bonds is 4. The zero-order chi connectivity index (χ0) is 12.8. The number of hydrogen-bond donors (Lipinski definition) is 2. The van der Waals surface area contributed by atoms with E-state index in [9.17, 15) is 0 Å². The predicted octanol–water partition coefficient (Wildman–Crippen LogP) is 3.27. The van der Waals surface area contributed by atoms with Gasteiger partial charge in [-0.15, -0.1) is 0 Å². The molecule has 1 atom stereocenters. The molecule has 0 heterocycles. The van der Waals surface area contributed by atoms with Gasteiger partial charge in [0.2, 0.25) is 0 Å². The van der Waals surface area contributed by atoms with Crippen molar-refractivity contribution in [2.24, 2.45) is 0 Å². The van der Waals surface area contributed by atoms with Crippen molar-refractivity contribution in [2.75, 3.05) is 19.0 Å². The summed E-state index contributed by atoms with van der Waals surface area (Å²) in [5.41, 5.74) is 0.942. The second-order valence-corrected chi connectivity index (χ2v) is 5.59. The smallest absolute Gasteiger partial charge is 0.171 e. The highest BCUT2D eigenvalue weighted by Crippen LogP contribution is 2.22. The van der Waals surface area contributed by atoms with Crippen LogP contribution in [0.25, 0.3) is 0 Å². The summed E-state index contributed by atoms with van der Waals surface area (Å²) in [6.45, 7) is 2.61. The van der Waals surface area contributed by atoms with Crippen LogP contribution in [0.1, 0.15) is 6.92 Å². The van der Waals surface area contributed by atoms with Gasteiger partial charge in [-0.05, 0) is 59.9 Å². The van der Waals surface area contributed by atoms with Crippen LogP contribution in [0.3, 0.4) is 0 Å². The topological polar surface area (TPSA) is 33.3 Å². The Kier molecular flexibility index (Phi) is 6.47. The highest BCUT2D eigenvalue weighted by molar-refractivity contribution is 14.1. The van der Waals surface area contributed by atoms with E-state index in [1.165, 1.54) is 0 Å². The number of halogens is 2. The number of anilines is 1. The molecular formula is C11H14ClIN2OS. The molecule has 2 N–H and O–H groups in total. The molecule has 94 valence electrons. The molecule has 0 radical (unpaired) electrons. The van der Waals surface area contributed by atoms with Gasteiger partial charge in [0.15, 0.2) is 5.11 Å². The maximum Gasteiger partial charge on any atom is 0.171 e. The van der Waals surface area contributed by atoms with Gasteiger partial charge in [0.05, 0.1) is 12.3 Å². The third-order valence-electron chi connectivity index (χ3n) is 1.97. The second-order valence-electron chi connectivity index (χ2n) is 3.58. The average molecular weight is 385 g/mol. The summed E-state index contributed by atoms with van der Waals surface area (Å²) in [5, 5.41) is 7.55. The molecule has 0 aliphatic heterocycles. The van der Waals surface area contributed by atoms with E-state index in [1.54, 1.807) is 7.11 Å². The minimum Gasteiger partial charge on any atom is -0.383 e. The molecule has 0 aliphatic carbocycles. The van der Waals surface area contributed by atoms with Crippen molar-refractivity contribution in [3.63, 3.8) is 0 Å². The second kappa shape index (κ2) is 7.35. The van der Waals surface area contributed by atoms with Crippen LogP contribution in [-0.2, 0) is 4.74 Å². The molecule has 0 saturated carbocycles. The molecule has 0 bridgehead atoms. The first-order chi connectivity index (χ1) is 8.02. The van der Waals surface area contributed by atoms with Crippen LogP contribution >= 0.6 is 46.4 Å². The number of ether oxygens (including phenoxy) is 1. The van der Waals surface area contributed by atoms with Crippen LogP contribution in [0.15, 0.2) is 18.2 Å². The van der Waals surface area contributed by atoms with Crippen LogP contribution in [0.4, 0.5) is 5.69 Å². The quantitative estimate of drug-likeness (QED) is 0.617. The van der Waals surface area contributed by atoms with E-state index in [2.05, 4.69) is 33.2 Å². The fourth-order valence-electron chi connectivity index (χ4n) is 1.26. The monoisotopic (exact) mass is 384 g/mol. The Bertz CT molecular complexity index is 403. The zero-order valence-electron chi connectivity index (χ0n) is 9.59. The average Bonchev–Trinajstić information content (AvgIpc) is 2.22. The summed E-state index contributed by atoms with van der Waals surface area (Å²) in [6, 6.07) is 5.78. The van der Waals surface area contributed by atoms with Gasteiger partial charge in [0.25, 0.3) is 0 Å². The molecule has 1 unspecified atom stereocenters. The van der Waals surface area contributed by atoms with E-state index < -0.39 is 0 Å². The number of thiocarbonyl (C=S) groups is 1. The van der Waals surface area contributed by atoms with Gasteiger partial charge in [-0.3, -0.25) is 0 Å². The fourth-order valence-corrected chi connectivity index (χ4v) is 2.58. The van der Waals surface area contributed by atoms with Crippen LogP contribution in [-0.4, -0.2) is 24.9 Å². The van der Waals surface area contributed by atoms with Crippen LogP contribution in [0.5, 0.6) is 0 Å². The highest BCUT2D eigenvalue weighted by Gasteiger charge is 2.06. The van der Waals surface area contributed by atoms with E-state index in [-0.39, 0.29) is 6.04 Å². The molecule has 17 heavy (non-hydrogen) atoms. The van der Waals surface area contributed by atoms with Crippen molar-refractivity contribution < 1.29 is 4.74 Å². The molecule has 0 fully saturated rings. The van der Waals surface area contributed by atoms with Crippen LogP contribution < -0.4 is 10.6 Å². The Morgan fingerprint density at radius 2 is 2.29 bits per heavy atom. The molecule has 3 nitrogen and oxygen atoms in total. The van der Waals surface area contributed by atoms with E-state index in [0.29, 0.717) is 16.7 Å². The lowest BCUT2D eigenvalue weighted by Gasteiger charge is -2.16. The van der Waals surface area contributed by atoms with Crippen molar-refractivity contribution in [3.05, 3.63) is 26.8 Å². The maximum atomic E-state index is 5.88. The van der Waals surface area contributed by atoms with Crippen molar-refractivity contribution in [3.8, 4) is 0 Å². The van der Waals surface area contributed by atoms with E-state index in [4.69, 9.17) is 28.6 Å². The van der Waals surface area contributed by atoms with Crippen molar-refractivity contribution in [1.29, 1.82) is 0 Å².